The van der Waals surface area contributed by atoms with Crippen LogP contribution in [0.5, 0.6) is 0 Å². The lowest BCUT2D eigenvalue weighted by molar-refractivity contribution is -0.141. The number of halogens is 3. The summed E-state index contributed by atoms with van der Waals surface area (Å²) in [4.78, 5) is 3.54. The summed E-state index contributed by atoms with van der Waals surface area (Å²) in [7, 11) is 0. The van der Waals surface area contributed by atoms with E-state index in [1.54, 1.807) is 0 Å². The van der Waals surface area contributed by atoms with Crippen molar-refractivity contribution in [1.29, 1.82) is 0 Å². The number of hydrogen-bond acceptors (Lipinski definition) is 1. The second-order valence-electron chi connectivity index (χ2n) is 1.33. The fourth-order valence-electron chi connectivity index (χ4n) is 0.282. The zero-order valence-corrected chi connectivity index (χ0v) is 8.56. The normalized spacial score (nSPS) is 13.9. The van der Waals surface area contributed by atoms with Gasteiger partial charge in [0.1, 0.15) is 4.11 Å². The molecule has 0 aliphatic heterocycles. The number of alkyl halides is 2. The highest BCUT2D eigenvalue weighted by molar-refractivity contribution is 14.1. The summed E-state index contributed by atoms with van der Waals surface area (Å²) < 4.78 is 12.0. The Morgan fingerprint density at radius 1 is 1.62 bits per heavy atom. The zero-order valence-electron chi connectivity index (χ0n) is 4.24. The highest BCUT2D eigenvalue weighted by atomic mass is 127. The predicted molar refractivity (Wildman–Crippen MR) is 48.1 cm³/mol. The van der Waals surface area contributed by atoms with Crippen molar-refractivity contribution in [2.24, 2.45) is 0 Å². The van der Waals surface area contributed by atoms with Crippen LogP contribution in [-0.2, 0) is 4.94 Å². The van der Waals surface area contributed by atoms with Gasteiger partial charge in [0.15, 0.2) is 0 Å². The van der Waals surface area contributed by atoms with Crippen LogP contribution >= 0.6 is 45.2 Å². The maximum atomic E-state index is 11.2. The molecule has 0 heterocycles. The lowest BCUT2D eigenvalue weighted by atomic mass is 10.4. The van der Waals surface area contributed by atoms with Gasteiger partial charge in [-0.2, -0.15) is 4.94 Å². The van der Waals surface area contributed by atoms with Crippen LogP contribution in [0.25, 0.3) is 0 Å². The third-order valence-corrected chi connectivity index (χ3v) is 2.24. The second-order valence-corrected chi connectivity index (χ2v) is 3.80. The van der Waals surface area contributed by atoms with Gasteiger partial charge in [-0.25, -0.2) is 0 Å². The lowest BCUT2D eigenvalue weighted by Crippen LogP contribution is -1.96. The first-order chi connectivity index (χ1) is 3.81. The third kappa shape index (κ3) is 5.49. The molecule has 0 aromatic heterocycles. The Labute approximate surface area is 75.5 Å². The fraction of sp³-hybridized carbons (Fsp3) is 1.00. The summed E-state index contributed by atoms with van der Waals surface area (Å²) in [5, 5.41) is 0. The minimum Gasteiger partial charge on any atom is -0.180 e. The van der Waals surface area contributed by atoms with Gasteiger partial charge < -0.3 is 0 Å². The van der Waals surface area contributed by atoms with Crippen LogP contribution in [0.3, 0.4) is 0 Å². The van der Waals surface area contributed by atoms with Gasteiger partial charge in [0.2, 0.25) is 0 Å². The van der Waals surface area contributed by atoms with Crippen molar-refractivity contribution < 1.29 is 9.47 Å². The van der Waals surface area contributed by atoms with E-state index in [0.717, 1.165) is 17.3 Å². The van der Waals surface area contributed by atoms with Crippen molar-refractivity contribution in [3.05, 3.63) is 0 Å². The smallest absolute Gasteiger partial charge is 0.149 e. The van der Waals surface area contributed by atoms with Gasteiger partial charge in [-0.3, -0.25) is 0 Å². The van der Waals surface area contributed by atoms with Gasteiger partial charge in [-0.15, -0.1) is 0 Å². The Bertz CT molecular complexity index is 53.3. The van der Waals surface area contributed by atoms with E-state index in [2.05, 4.69) is 27.5 Å². The van der Waals surface area contributed by atoms with E-state index in [0.29, 0.717) is 0 Å². The molecule has 4 heteroatoms. The van der Waals surface area contributed by atoms with Crippen LogP contribution in [0.15, 0.2) is 0 Å². The fourth-order valence-corrected chi connectivity index (χ4v) is 1.16. The Morgan fingerprint density at radius 2 is 2.25 bits per heavy atom. The van der Waals surface area contributed by atoms with Crippen molar-refractivity contribution in [2.45, 2.75) is 17.0 Å². The first-order valence-electron chi connectivity index (χ1n) is 2.28. The maximum absolute atomic E-state index is 11.2. The molecule has 0 aliphatic carbocycles. The molecule has 1 nitrogen and oxygen atoms in total. The zero-order chi connectivity index (χ0) is 6.41. The molecule has 0 rings (SSSR count). The molecule has 0 saturated heterocycles. The molecule has 0 radical (unpaired) electrons. The van der Waals surface area contributed by atoms with E-state index in [9.17, 15) is 4.53 Å². The van der Waals surface area contributed by atoms with E-state index in [1.807, 2.05) is 22.6 Å². The molecule has 0 aromatic carbocycles. The Morgan fingerprint density at radius 3 is 2.62 bits per heavy atom. The monoisotopic (exact) mass is 344 g/mol. The summed E-state index contributed by atoms with van der Waals surface area (Å²) in [6.45, 7) is 0. The molecule has 0 fully saturated rings. The largest absolute Gasteiger partial charge is 0.180 e. The van der Waals surface area contributed by atoms with Gasteiger partial charge >= 0.3 is 0 Å². The molecule has 0 amide bonds. The van der Waals surface area contributed by atoms with Gasteiger partial charge in [0, 0.05) is 0 Å². The minimum absolute atomic E-state index is 0.248. The molecule has 0 aromatic rings. The highest BCUT2D eigenvalue weighted by Crippen LogP contribution is 2.11. The first-order valence-corrected chi connectivity index (χ1v) is 5.05. The van der Waals surface area contributed by atoms with E-state index in [-0.39, 0.29) is 4.11 Å². The van der Waals surface area contributed by atoms with Crippen molar-refractivity contribution >= 4 is 45.2 Å². The van der Waals surface area contributed by atoms with Crippen molar-refractivity contribution in [2.75, 3.05) is 4.43 Å². The van der Waals surface area contributed by atoms with Crippen LogP contribution < -0.4 is 0 Å². The van der Waals surface area contributed by atoms with Crippen LogP contribution in [-0.4, -0.2) is 8.54 Å². The topological polar surface area (TPSA) is 9.23 Å². The van der Waals surface area contributed by atoms with Crippen molar-refractivity contribution in [3.8, 4) is 0 Å². The van der Waals surface area contributed by atoms with Crippen LogP contribution in [0, 0.1) is 0 Å². The molecular formula is C4H7FI2O. The van der Waals surface area contributed by atoms with E-state index in [4.69, 9.17) is 0 Å². The van der Waals surface area contributed by atoms with E-state index >= 15 is 0 Å². The SMILES string of the molecule is FOC(I)CCCI. The van der Waals surface area contributed by atoms with Gasteiger partial charge in [-0.1, -0.05) is 22.6 Å². The summed E-state index contributed by atoms with van der Waals surface area (Å²) in [5.74, 6) is 0. The molecule has 1 atom stereocenters. The molecular weight excluding hydrogens is 337 g/mol. The molecule has 50 valence electrons. The average molecular weight is 344 g/mol. The van der Waals surface area contributed by atoms with E-state index in [1.165, 1.54) is 0 Å². The quantitative estimate of drug-likeness (QED) is 0.563. The second kappa shape index (κ2) is 6.47. The predicted octanol–water partition coefficient (Wildman–Crippen LogP) is 2.86. The Kier molecular flexibility index (Phi) is 7.56. The summed E-state index contributed by atoms with van der Waals surface area (Å²) in [6, 6.07) is 0. The lowest BCUT2D eigenvalue weighted by Gasteiger charge is -1.99. The molecule has 0 saturated carbocycles. The van der Waals surface area contributed by atoms with E-state index < -0.39 is 0 Å². The maximum Gasteiger partial charge on any atom is 0.149 e. The number of rotatable bonds is 4. The highest BCUT2D eigenvalue weighted by Gasteiger charge is 2.00. The third-order valence-electron chi connectivity index (χ3n) is 0.661. The molecule has 0 spiro atoms. The number of hydrogen-bond donors (Lipinski definition) is 0. The van der Waals surface area contributed by atoms with Gasteiger partial charge in [-0.05, 0) is 44.4 Å². The summed E-state index contributed by atoms with van der Waals surface area (Å²) in [5.41, 5.74) is 0. The van der Waals surface area contributed by atoms with Crippen LogP contribution in [0.2, 0.25) is 0 Å². The molecule has 0 bridgehead atoms. The molecule has 0 N–H and O–H groups in total. The van der Waals surface area contributed by atoms with Gasteiger partial charge in [0.05, 0.1) is 0 Å². The van der Waals surface area contributed by atoms with Crippen molar-refractivity contribution in [1.82, 2.24) is 0 Å². The van der Waals surface area contributed by atoms with Crippen LogP contribution in [0.4, 0.5) is 4.53 Å². The molecule has 0 aliphatic rings. The minimum atomic E-state index is -0.248. The first kappa shape index (κ1) is 9.35. The van der Waals surface area contributed by atoms with Crippen molar-refractivity contribution in [3.63, 3.8) is 0 Å². The molecule has 1 unspecified atom stereocenters. The Hall–Kier alpha value is 1.35. The summed E-state index contributed by atoms with van der Waals surface area (Å²) >= 11 is 4.18. The molecule has 8 heavy (non-hydrogen) atoms. The summed E-state index contributed by atoms with van der Waals surface area (Å²) in [6.07, 6.45) is 1.83. The van der Waals surface area contributed by atoms with Gasteiger partial charge in [0.25, 0.3) is 0 Å². The average Bonchev–Trinajstić information content (AvgIpc) is 1.83. The standard InChI is InChI=1S/C4H7FI2O/c5-8-4(7)2-1-3-6/h4H,1-3H2. The van der Waals surface area contributed by atoms with Crippen LogP contribution in [0.1, 0.15) is 12.8 Å². The Balaban J connectivity index is 2.86.